The van der Waals surface area contributed by atoms with Crippen LogP contribution in [0.2, 0.25) is 0 Å². The van der Waals surface area contributed by atoms with Crippen LogP contribution in [0.3, 0.4) is 0 Å². The first kappa shape index (κ1) is 15.6. The largest absolute Gasteiger partial charge is 0.363 e. The van der Waals surface area contributed by atoms with Gasteiger partial charge in [-0.15, -0.1) is 0 Å². The minimum absolute atomic E-state index is 0.730. The fourth-order valence-corrected chi connectivity index (χ4v) is 2.57. The van der Waals surface area contributed by atoms with E-state index in [4.69, 9.17) is 4.98 Å². The van der Waals surface area contributed by atoms with Crippen LogP contribution in [0.4, 0.5) is 5.82 Å². The molecule has 3 rings (SSSR count). The number of guanidine groups is 1. The van der Waals surface area contributed by atoms with E-state index in [1.54, 1.807) is 0 Å². The number of rotatable bonds is 5. The molecule has 1 saturated carbocycles. The summed E-state index contributed by atoms with van der Waals surface area (Å²) < 4.78 is 0. The Bertz CT molecular complexity index is 704. The van der Waals surface area contributed by atoms with E-state index in [0.717, 1.165) is 36.3 Å². The molecule has 0 atom stereocenters. The van der Waals surface area contributed by atoms with Crippen molar-refractivity contribution in [2.24, 2.45) is 10.9 Å². The van der Waals surface area contributed by atoms with Gasteiger partial charge in [0.05, 0.1) is 5.52 Å². The van der Waals surface area contributed by atoms with Gasteiger partial charge >= 0.3 is 0 Å². The predicted molar refractivity (Wildman–Crippen MR) is 97.0 cm³/mol. The van der Waals surface area contributed by atoms with E-state index in [1.165, 1.54) is 23.8 Å². The first-order valence-electron chi connectivity index (χ1n) is 8.18. The lowest BCUT2D eigenvalue weighted by Crippen LogP contribution is -2.37. The first-order valence-corrected chi connectivity index (χ1v) is 8.18. The molecule has 0 amide bonds. The van der Waals surface area contributed by atoms with Gasteiger partial charge in [-0.25, -0.2) is 4.98 Å². The molecule has 0 radical (unpaired) electrons. The van der Waals surface area contributed by atoms with Gasteiger partial charge in [-0.1, -0.05) is 18.2 Å². The van der Waals surface area contributed by atoms with Crippen molar-refractivity contribution in [3.63, 3.8) is 0 Å². The molecule has 0 spiro atoms. The van der Waals surface area contributed by atoms with Gasteiger partial charge in [-0.3, -0.25) is 4.99 Å². The molecular formula is C18H25N5. The SMILES string of the molecule is CN=C(NCc1cc(N(C)C)nc2ccccc12)NCC1CC1. The van der Waals surface area contributed by atoms with Gasteiger partial charge in [-0.05, 0) is 36.5 Å². The fourth-order valence-electron chi connectivity index (χ4n) is 2.57. The highest BCUT2D eigenvalue weighted by molar-refractivity contribution is 5.85. The smallest absolute Gasteiger partial charge is 0.191 e. The standard InChI is InChI=1S/C18H25N5/c1-19-18(20-11-13-8-9-13)21-12-14-10-17(23(2)3)22-16-7-5-4-6-15(14)16/h4-7,10,13H,8-9,11-12H2,1-3H3,(H2,19,20,21). The summed E-state index contributed by atoms with van der Waals surface area (Å²) in [5, 5.41) is 8.00. The Morgan fingerprint density at radius 1 is 1.26 bits per heavy atom. The number of hydrogen-bond donors (Lipinski definition) is 2. The second kappa shape index (κ2) is 6.86. The molecule has 1 aliphatic carbocycles. The van der Waals surface area contributed by atoms with Crippen LogP contribution in [0.15, 0.2) is 35.3 Å². The minimum Gasteiger partial charge on any atom is -0.363 e. The number of aliphatic imine (C=N–C) groups is 1. The highest BCUT2D eigenvalue weighted by atomic mass is 15.2. The topological polar surface area (TPSA) is 52.6 Å². The van der Waals surface area contributed by atoms with Crippen molar-refractivity contribution in [1.29, 1.82) is 0 Å². The van der Waals surface area contributed by atoms with Crippen molar-refractivity contribution in [2.45, 2.75) is 19.4 Å². The van der Waals surface area contributed by atoms with E-state index in [-0.39, 0.29) is 0 Å². The van der Waals surface area contributed by atoms with Crippen molar-refractivity contribution < 1.29 is 0 Å². The Balaban J connectivity index is 1.77. The molecule has 122 valence electrons. The third kappa shape index (κ3) is 3.92. The van der Waals surface area contributed by atoms with Crippen LogP contribution in [0.25, 0.3) is 10.9 Å². The number of nitrogens with zero attached hydrogens (tertiary/aromatic N) is 3. The van der Waals surface area contributed by atoms with E-state index in [0.29, 0.717) is 0 Å². The molecule has 0 saturated heterocycles. The second-order valence-corrected chi connectivity index (χ2v) is 6.30. The monoisotopic (exact) mass is 311 g/mol. The third-order valence-electron chi connectivity index (χ3n) is 4.17. The maximum absolute atomic E-state index is 4.70. The quantitative estimate of drug-likeness (QED) is 0.657. The number of aromatic nitrogens is 1. The van der Waals surface area contributed by atoms with E-state index >= 15 is 0 Å². The van der Waals surface area contributed by atoms with Gasteiger partial charge in [0.25, 0.3) is 0 Å². The van der Waals surface area contributed by atoms with Crippen LogP contribution >= 0.6 is 0 Å². The molecule has 1 fully saturated rings. The molecule has 23 heavy (non-hydrogen) atoms. The summed E-state index contributed by atoms with van der Waals surface area (Å²) in [5.74, 6) is 2.67. The van der Waals surface area contributed by atoms with Crippen LogP contribution in [0.1, 0.15) is 18.4 Å². The molecule has 2 aromatic rings. The van der Waals surface area contributed by atoms with Gasteiger partial charge in [0.2, 0.25) is 0 Å². The number of hydrogen-bond acceptors (Lipinski definition) is 3. The number of fused-ring (bicyclic) bond motifs is 1. The maximum atomic E-state index is 4.70. The second-order valence-electron chi connectivity index (χ2n) is 6.30. The number of benzene rings is 1. The number of pyridine rings is 1. The van der Waals surface area contributed by atoms with Crippen LogP contribution in [0, 0.1) is 5.92 Å². The Morgan fingerprint density at radius 2 is 2.04 bits per heavy atom. The van der Waals surface area contributed by atoms with Gasteiger partial charge < -0.3 is 15.5 Å². The van der Waals surface area contributed by atoms with Crippen LogP contribution in [-0.4, -0.2) is 38.6 Å². The molecule has 2 N–H and O–H groups in total. The molecule has 1 aromatic carbocycles. The fraction of sp³-hybridized carbons (Fsp3) is 0.444. The highest BCUT2D eigenvalue weighted by Gasteiger charge is 2.21. The van der Waals surface area contributed by atoms with E-state index < -0.39 is 0 Å². The lowest BCUT2D eigenvalue weighted by atomic mass is 10.1. The van der Waals surface area contributed by atoms with Crippen LogP contribution in [0.5, 0.6) is 0 Å². The summed E-state index contributed by atoms with van der Waals surface area (Å²) >= 11 is 0. The van der Waals surface area contributed by atoms with E-state index in [9.17, 15) is 0 Å². The van der Waals surface area contributed by atoms with Gasteiger partial charge in [0.15, 0.2) is 5.96 Å². The Hall–Kier alpha value is -2.30. The zero-order chi connectivity index (χ0) is 16.2. The number of para-hydroxylation sites is 1. The summed E-state index contributed by atoms with van der Waals surface area (Å²) in [4.78, 5) is 11.0. The molecule has 0 unspecified atom stereocenters. The number of nitrogens with one attached hydrogen (secondary N) is 2. The van der Waals surface area contributed by atoms with Gasteiger partial charge in [0, 0.05) is 39.6 Å². The summed E-state index contributed by atoms with van der Waals surface area (Å²) in [6.07, 6.45) is 2.68. The predicted octanol–water partition coefficient (Wildman–Crippen LogP) is 2.38. The Morgan fingerprint density at radius 3 is 2.74 bits per heavy atom. The lowest BCUT2D eigenvalue weighted by molar-refractivity contribution is 0.738. The summed E-state index contributed by atoms with van der Waals surface area (Å²) in [7, 11) is 5.85. The maximum Gasteiger partial charge on any atom is 0.191 e. The molecule has 1 heterocycles. The molecule has 5 heteroatoms. The molecular weight excluding hydrogens is 286 g/mol. The van der Waals surface area contributed by atoms with Crippen molar-refractivity contribution in [2.75, 3.05) is 32.6 Å². The summed E-state index contributed by atoms with van der Waals surface area (Å²) in [5.41, 5.74) is 2.25. The number of anilines is 1. The molecule has 0 bridgehead atoms. The Kier molecular flexibility index (Phi) is 4.65. The average molecular weight is 311 g/mol. The highest BCUT2D eigenvalue weighted by Crippen LogP contribution is 2.27. The summed E-state index contributed by atoms with van der Waals surface area (Å²) in [6.45, 7) is 1.74. The van der Waals surface area contributed by atoms with Crippen LogP contribution in [-0.2, 0) is 6.54 Å². The van der Waals surface area contributed by atoms with Crippen molar-refractivity contribution in [3.05, 3.63) is 35.9 Å². The van der Waals surface area contributed by atoms with Crippen LogP contribution < -0.4 is 15.5 Å². The minimum atomic E-state index is 0.730. The molecule has 1 aromatic heterocycles. The van der Waals surface area contributed by atoms with E-state index in [2.05, 4.69) is 39.9 Å². The molecule has 0 aliphatic heterocycles. The zero-order valence-corrected chi connectivity index (χ0v) is 14.1. The third-order valence-corrected chi connectivity index (χ3v) is 4.17. The van der Waals surface area contributed by atoms with Crippen molar-refractivity contribution in [3.8, 4) is 0 Å². The lowest BCUT2D eigenvalue weighted by Gasteiger charge is -2.16. The van der Waals surface area contributed by atoms with Crippen molar-refractivity contribution in [1.82, 2.24) is 15.6 Å². The van der Waals surface area contributed by atoms with Crippen molar-refractivity contribution >= 4 is 22.7 Å². The molecule has 5 nitrogen and oxygen atoms in total. The summed E-state index contributed by atoms with van der Waals surface area (Å²) in [6, 6.07) is 10.4. The normalized spacial score (nSPS) is 14.8. The zero-order valence-electron chi connectivity index (χ0n) is 14.1. The average Bonchev–Trinajstić information content (AvgIpc) is 3.38. The van der Waals surface area contributed by atoms with Gasteiger partial charge in [0.1, 0.15) is 5.82 Å². The Labute approximate surface area is 137 Å². The van der Waals surface area contributed by atoms with E-state index in [1.807, 2.05) is 32.1 Å². The first-order chi connectivity index (χ1) is 11.2. The van der Waals surface area contributed by atoms with Gasteiger partial charge in [-0.2, -0.15) is 0 Å². The molecule has 1 aliphatic rings.